The van der Waals surface area contributed by atoms with Crippen LogP contribution in [0.25, 0.3) is 0 Å². The first-order valence-electron chi connectivity index (χ1n) is 3.84. The number of anilines is 1. The molecule has 0 aliphatic carbocycles. The molecule has 1 heterocycles. The number of nitrogens with zero attached hydrogens (tertiary/aromatic N) is 1. The normalized spacial score (nSPS) is 9.69. The summed E-state index contributed by atoms with van der Waals surface area (Å²) in [5.41, 5.74) is 5.91. The first kappa shape index (κ1) is 10.1. The molecule has 1 aromatic heterocycles. The second-order valence-electron chi connectivity index (χ2n) is 2.46. The summed E-state index contributed by atoms with van der Waals surface area (Å²) in [7, 11) is 0. The number of carbonyl (C=O) groups excluding carboxylic acids is 1. The molecule has 0 saturated heterocycles. The molecule has 4 nitrogen and oxygen atoms in total. The van der Waals surface area contributed by atoms with Crippen molar-refractivity contribution in [1.82, 2.24) is 4.98 Å². The van der Waals surface area contributed by atoms with E-state index in [2.05, 4.69) is 26.2 Å². The monoisotopic (exact) mass is 243 g/mol. The molecule has 70 valence electrons. The van der Waals surface area contributed by atoms with E-state index in [1.54, 1.807) is 18.3 Å². The van der Waals surface area contributed by atoms with Crippen molar-refractivity contribution in [2.75, 3.05) is 11.9 Å². The number of rotatable bonds is 3. The maximum atomic E-state index is 11.1. The SMILES string of the molecule is NCCC(=O)Nc1ccc(Br)nc1. The Balaban J connectivity index is 2.54. The van der Waals surface area contributed by atoms with E-state index in [9.17, 15) is 4.79 Å². The molecule has 0 aromatic carbocycles. The van der Waals surface area contributed by atoms with Crippen LogP contribution in [0.15, 0.2) is 22.9 Å². The number of hydrogen-bond acceptors (Lipinski definition) is 3. The van der Waals surface area contributed by atoms with Crippen LogP contribution in [-0.2, 0) is 4.79 Å². The summed E-state index contributed by atoms with van der Waals surface area (Å²) in [5, 5.41) is 2.67. The van der Waals surface area contributed by atoms with Crippen LogP contribution >= 0.6 is 15.9 Å². The molecule has 0 saturated carbocycles. The zero-order valence-electron chi connectivity index (χ0n) is 6.96. The molecule has 1 aromatic rings. The number of aromatic nitrogens is 1. The van der Waals surface area contributed by atoms with E-state index < -0.39 is 0 Å². The molecule has 0 radical (unpaired) electrons. The van der Waals surface area contributed by atoms with Crippen molar-refractivity contribution in [3.63, 3.8) is 0 Å². The van der Waals surface area contributed by atoms with E-state index in [1.807, 2.05) is 0 Å². The third-order valence-corrected chi connectivity index (χ3v) is 1.85. The molecule has 0 unspecified atom stereocenters. The van der Waals surface area contributed by atoms with Gasteiger partial charge in [0, 0.05) is 13.0 Å². The van der Waals surface area contributed by atoms with Crippen LogP contribution in [0.4, 0.5) is 5.69 Å². The fraction of sp³-hybridized carbons (Fsp3) is 0.250. The van der Waals surface area contributed by atoms with Gasteiger partial charge in [0.25, 0.3) is 0 Å². The van der Waals surface area contributed by atoms with Crippen LogP contribution in [-0.4, -0.2) is 17.4 Å². The van der Waals surface area contributed by atoms with Gasteiger partial charge in [-0.15, -0.1) is 0 Å². The zero-order chi connectivity index (χ0) is 9.68. The topological polar surface area (TPSA) is 68.0 Å². The number of carbonyl (C=O) groups is 1. The highest BCUT2D eigenvalue weighted by atomic mass is 79.9. The van der Waals surface area contributed by atoms with Gasteiger partial charge < -0.3 is 11.1 Å². The predicted molar refractivity (Wildman–Crippen MR) is 54.2 cm³/mol. The summed E-state index contributed by atoms with van der Waals surface area (Å²) < 4.78 is 0.740. The van der Waals surface area contributed by atoms with Crippen molar-refractivity contribution < 1.29 is 4.79 Å². The van der Waals surface area contributed by atoms with Crippen LogP contribution in [0, 0.1) is 0 Å². The Morgan fingerprint density at radius 2 is 2.38 bits per heavy atom. The van der Waals surface area contributed by atoms with Gasteiger partial charge in [0.1, 0.15) is 4.60 Å². The summed E-state index contributed by atoms with van der Waals surface area (Å²) in [6, 6.07) is 3.53. The minimum atomic E-state index is -0.0911. The van der Waals surface area contributed by atoms with E-state index in [4.69, 9.17) is 5.73 Å². The molecule has 0 spiro atoms. The average molecular weight is 244 g/mol. The largest absolute Gasteiger partial charge is 0.330 e. The fourth-order valence-corrected chi connectivity index (χ4v) is 1.04. The highest BCUT2D eigenvalue weighted by Crippen LogP contribution is 2.10. The van der Waals surface area contributed by atoms with Crippen molar-refractivity contribution in [2.45, 2.75) is 6.42 Å². The lowest BCUT2D eigenvalue weighted by Gasteiger charge is -2.02. The van der Waals surface area contributed by atoms with Gasteiger partial charge in [-0.3, -0.25) is 4.79 Å². The number of pyridine rings is 1. The molecule has 0 fully saturated rings. The molecule has 0 aliphatic rings. The molecular weight excluding hydrogens is 234 g/mol. The predicted octanol–water partition coefficient (Wildman–Crippen LogP) is 1.13. The van der Waals surface area contributed by atoms with Crippen LogP contribution in [0.1, 0.15) is 6.42 Å². The van der Waals surface area contributed by atoms with Gasteiger partial charge in [0.05, 0.1) is 11.9 Å². The van der Waals surface area contributed by atoms with E-state index in [-0.39, 0.29) is 5.91 Å². The Bertz CT molecular complexity index is 286. The molecule has 0 bridgehead atoms. The molecule has 1 rings (SSSR count). The number of nitrogens with two attached hydrogens (primary N) is 1. The van der Waals surface area contributed by atoms with E-state index in [0.29, 0.717) is 18.7 Å². The Hall–Kier alpha value is -0.940. The van der Waals surface area contributed by atoms with Gasteiger partial charge in [0.2, 0.25) is 5.91 Å². The van der Waals surface area contributed by atoms with Gasteiger partial charge in [-0.25, -0.2) is 4.98 Å². The third-order valence-electron chi connectivity index (χ3n) is 1.38. The number of amides is 1. The zero-order valence-corrected chi connectivity index (χ0v) is 8.54. The molecular formula is C8H10BrN3O. The van der Waals surface area contributed by atoms with E-state index in [0.717, 1.165) is 4.60 Å². The van der Waals surface area contributed by atoms with Gasteiger partial charge in [-0.1, -0.05) is 0 Å². The van der Waals surface area contributed by atoms with Crippen LogP contribution < -0.4 is 11.1 Å². The summed E-state index contributed by atoms with van der Waals surface area (Å²) in [6.45, 7) is 0.357. The Labute approximate surface area is 84.7 Å². The molecule has 3 N–H and O–H groups in total. The minimum absolute atomic E-state index is 0.0911. The molecule has 5 heteroatoms. The lowest BCUT2D eigenvalue weighted by atomic mass is 10.3. The second kappa shape index (κ2) is 4.94. The van der Waals surface area contributed by atoms with Crippen molar-refractivity contribution >= 4 is 27.5 Å². The highest BCUT2D eigenvalue weighted by molar-refractivity contribution is 9.10. The Morgan fingerprint density at radius 3 is 2.92 bits per heavy atom. The van der Waals surface area contributed by atoms with E-state index >= 15 is 0 Å². The minimum Gasteiger partial charge on any atom is -0.330 e. The lowest BCUT2D eigenvalue weighted by molar-refractivity contribution is -0.116. The molecule has 1 amide bonds. The standard InChI is InChI=1S/C8H10BrN3O/c9-7-2-1-6(5-11-7)12-8(13)3-4-10/h1-2,5H,3-4,10H2,(H,12,13). The highest BCUT2D eigenvalue weighted by Gasteiger charge is 2.00. The maximum absolute atomic E-state index is 11.1. The van der Waals surface area contributed by atoms with Gasteiger partial charge in [-0.05, 0) is 28.1 Å². The van der Waals surface area contributed by atoms with Gasteiger partial charge in [0.15, 0.2) is 0 Å². The first-order chi connectivity index (χ1) is 6.22. The van der Waals surface area contributed by atoms with E-state index in [1.165, 1.54) is 0 Å². The van der Waals surface area contributed by atoms with Crippen molar-refractivity contribution in [1.29, 1.82) is 0 Å². The lowest BCUT2D eigenvalue weighted by Crippen LogP contribution is -2.16. The van der Waals surface area contributed by atoms with Crippen molar-refractivity contribution in [3.05, 3.63) is 22.9 Å². The Kier molecular flexibility index (Phi) is 3.85. The summed E-state index contributed by atoms with van der Waals surface area (Å²) in [5.74, 6) is -0.0911. The van der Waals surface area contributed by atoms with Gasteiger partial charge in [-0.2, -0.15) is 0 Å². The van der Waals surface area contributed by atoms with Crippen molar-refractivity contribution in [3.8, 4) is 0 Å². The number of nitrogens with one attached hydrogen (secondary N) is 1. The quantitative estimate of drug-likeness (QED) is 0.783. The van der Waals surface area contributed by atoms with Crippen LogP contribution in [0.2, 0.25) is 0 Å². The van der Waals surface area contributed by atoms with Crippen LogP contribution in [0.3, 0.4) is 0 Å². The summed E-state index contributed by atoms with van der Waals surface area (Å²) in [6.07, 6.45) is 1.91. The molecule has 13 heavy (non-hydrogen) atoms. The Morgan fingerprint density at radius 1 is 1.62 bits per heavy atom. The molecule has 0 atom stereocenters. The number of halogens is 1. The fourth-order valence-electron chi connectivity index (χ4n) is 0.804. The smallest absolute Gasteiger partial charge is 0.225 e. The average Bonchev–Trinajstić information content (AvgIpc) is 2.09. The van der Waals surface area contributed by atoms with Crippen molar-refractivity contribution in [2.24, 2.45) is 5.73 Å². The maximum Gasteiger partial charge on any atom is 0.225 e. The third kappa shape index (κ3) is 3.52. The first-order valence-corrected chi connectivity index (χ1v) is 4.63. The summed E-state index contributed by atoms with van der Waals surface area (Å²) >= 11 is 3.20. The molecule has 0 aliphatic heterocycles. The second-order valence-corrected chi connectivity index (χ2v) is 3.27. The van der Waals surface area contributed by atoms with Crippen LogP contribution in [0.5, 0.6) is 0 Å². The number of hydrogen-bond donors (Lipinski definition) is 2. The summed E-state index contributed by atoms with van der Waals surface area (Å²) in [4.78, 5) is 15.0. The van der Waals surface area contributed by atoms with Gasteiger partial charge >= 0.3 is 0 Å².